The molecule has 0 spiro atoms. The molecule has 3 heteroatoms. The maximum Gasteiger partial charge on any atom is 0.255 e. The van der Waals surface area contributed by atoms with Crippen molar-refractivity contribution in [2.75, 3.05) is 4.90 Å². The second-order valence-corrected chi connectivity index (χ2v) is 8.23. The van der Waals surface area contributed by atoms with Crippen molar-refractivity contribution in [1.29, 1.82) is 0 Å². The largest absolute Gasteiger partial charge is 0.272 e. The average molecular weight is 417 g/mol. The van der Waals surface area contributed by atoms with Crippen molar-refractivity contribution in [3.8, 4) is 0 Å². The number of β-lactam (4-membered cyclic amide) rings is 1. The van der Waals surface area contributed by atoms with Gasteiger partial charge in [-0.1, -0.05) is 96.1 Å². The Balaban J connectivity index is 1.77. The van der Waals surface area contributed by atoms with Crippen LogP contribution in [0.1, 0.15) is 22.3 Å². The molecule has 3 nitrogen and oxygen atoms in total. The Labute approximate surface area is 188 Å². The number of carbonyl (C=O) groups excluding carboxylic acids is 1. The molecule has 5 rings (SSSR count). The zero-order chi connectivity index (χ0) is 22.1. The zero-order valence-corrected chi connectivity index (χ0v) is 18.2. The van der Waals surface area contributed by atoms with Crippen LogP contribution in [0, 0.1) is 13.8 Å². The van der Waals surface area contributed by atoms with E-state index < -0.39 is 5.41 Å². The van der Waals surface area contributed by atoms with Crippen LogP contribution in [-0.2, 0) is 10.2 Å². The first-order chi connectivity index (χ1) is 15.6. The van der Waals surface area contributed by atoms with Gasteiger partial charge in [0, 0.05) is 0 Å². The summed E-state index contributed by atoms with van der Waals surface area (Å²) in [5, 5.41) is 0. The molecule has 156 valence electrons. The number of anilines is 1. The SMILES string of the molecule is Cc1ccc(N=C2N(c3ccc(C)cc3)C(=O)C2(c2ccccc2)c2ccccc2)cc1. The van der Waals surface area contributed by atoms with Crippen LogP contribution in [0.5, 0.6) is 0 Å². The monoisotopic (exact) mass is 416 g/mol. The van der Waals surface area contributed by atoms with Crippen LogP contribution >= 0.6 is 0 Å². The van der Waals surface area contributed by atoms with Crippen LogP contribution in [0.25, 0.3) is 0 Å². The van der Waals surface area contributed by atoms with E-state index in [0.29, 0.717) is 5.84 Å². The normalized spacial score (nSPS) is 16.1. The second kappa shape index (κ2) is 7.93. The van der Waals surface area contributed by atoms with Gasteiger partial charge in [0.15, 0.2) is 5.41 Å². The summed E-state index contributed by atoms with van der Waals surface area (Å²) >= 11 is 0. The Morgan fingerprint density at radius 3 is 1.59 bits per heavy atom. The molecule has 0 saturated carbocycles. The smallest absolute Gasteiger partial charge is 0.255 e. The van der Waals surface area contributed by atoms with Gasteiger partial charge in [-0.25, -0.2) is 4.99 Å². The van der Waals surface area contributed by atoms with Crippen molar-refractivity contribution in [2.24, 2.45) is 4.99 Å². The third-order valence-electron chi connectivity index (χ3n) is 6.05. The lowest BCUT2D eigenvalue weighted by molar-refractivity contribution is -0.122. The van der Waals surface area contributed by atoms with Crippen LogP contribution in [0.2, 0.25) is 0 Å². The average Bonchev–Trinajstić information content (AvgIpc) is 2.83. The molecule has 1 saturated heterocycles. The van der Waals surface area contributed by atoms with Crippen LogP contribution in [-0.4, -0.2) is 11.7 Å². The van der Waals surface area contributed by atoms with E-state index in [2.05, 4.69) is 6.92 Å². The molecular formula is C29H24N2O. The molecule has 0 unspecified atom stereocenters. The molecule has 0 radical (unpaired) electrons. The number of hydrogen-bond acceptors (Lipinski definition) is 2. The van der Waals surface area contributed by atoms with Crippen LogP contribution in [0.3, 0.4) is 0 Å². The predicted octanol–water partition coefficient (Wildman–Crippen LogP) is 6.37. The van der Waals surface area contributed by atoms with Gasteiger partial charge in [-0.15, -0.1) is 0 Å². The van der Waals surface area contributed by atoms with Gasteiger partial charge in [-0.2, -0.15) is 0 Å². The van der Waals surface area contributed by atoms with Gasteiger partial charge >= 0.3 is 0 Å². The highest BCUT2D eigenvalue weighted by atomic mass is 16.2. The van der Waals surface area contributed by atoms with E-state index in [1.54, 1.807) is 4.90 Å². The summed E-state index contributed by atoms with van der Waals surface area (Å²) in [5.41, 5.74) is 4.86. The highest BCUT2D eigenvalue weighted by Crippen LogP contribution is 2.47. The van der Waals surface area contributed by atoms with Crippen LogP contribution in [0.15, 0.2) is 114 Å². The number of rotatable bonds is 4. The molecule has 0 N–H and O–H groups in total. The Morgan fingerprint density at radius 1 is 0.625 bits per heavy atom. The second-order valence-electron chi connectivity index (χ2n) is 8.23. The number of amides is 1. The predicted molar refractivity (Wildman–Crippen MR) is 131 cm³/mol. The molecule has 0 bridgehead atoms. The fraction of sp³-hybridized carbons (Fsp3) is 0.103. The molecule has 0 aliphatic carbocycles. The minimum atomic E-state index is -0.960. The highest BCUT2D eigenvalue weighted by Gasteiger charge is 2.61. The van der Waals surface area contributed by atoms with Gasteiger partial charge < -0.3 is 0 Å². The summed E-state index contributed by atoms with van der Waals surface area (Å²) in [6, 6.07) is 36.0. The minimum Gasteiger partial charge on any atom is -0.272 e. The first-order valence-electron chi connectivity index (χ1n) is 10.8. The molecule has 32 heavy (non-hydrogen) atoms. The van der Waals surface area contributed by atoms with Gasteiger partial charge in [0.25, 0.3) is 5.91 Å². The van der Waals surface area contributed by atoms with E-state index in [-0.39, 0.29) is 5.91 Å². The standard InChI is InChI=1S/C29H24N2O/c1-21-13-17-25(18-14-21)30-27-29(23-9-5-3-6-10-23,24-11-7-4-8-12-24)28(32)31(27)26-19-15-22(2)16-20-26/h3-20H,1-2H3. The van der Waals surface area contributed by atoms with Gasteiger partial charge in [-0.05, 0) is 49.2 Å². The molecular weight excluding hydrogens is 392 g/mol. The van der Waals surface area contributed by atoms with Crippen molar-refractivity contribution >= 4 is 23.1 Å². The van der Waals surface area contributed by atoms with Crippen molar-refractivity contribution in [3.05, 3.63) is 131 Å². The fourth-order valence-electron chi connectivity index (χ4n) is 4.33. The first kappa shape index (κ1) is 20.0. The van der Waals surface area contributed by atoms with Crippen molar-refractivity contribution in [2.45, 2.75) is 19.3 Å². The quantitative estimate of drug-likeness (QED) is 0.356. The molecule has 4 aromatic carbocycles. The molecule has 0 aromatic heterocycles. The molecule has 1 aliphatic rings. The molecule has 1 heterocycles. The number of nitrogens with zero attached hydrogens (tertiary/aromatic N) is 2. The molecule has 1 aliphatic heterocycles. The Kier molecular flexibility index (Phi) is 4.95. The van der Waals surface area contributed by atoms with E-state index in [9.17, 15) is 4.79 Å². The lowest BCUT2D eigenvalue weighted by Gasteiger charge is -2.50. The molecule has 1 amide bonds. The number of hydrogen-bond donors (Lipinski definition) is 0. The third kappa shape index (κ3) is 3.14. The van der Waals surface area contributed by atoms with E-state index in [0.717, 1.165) is 28.1 Å². The first-order valence-corrected chi connectivity index (χ1v) is 10.8. The topological polar surface area (TPSA) is 32.7 Å². The Hall–Kier alpha value is -3.98. The Bertz CT molecular complexity index is 1240. The van der Waals surface area contributed by atoms with Crippen LogP contribution < -0.4 is 4.90 Å². The maximum absolute atomic E-state index is 14.1. The van der Waals surface area contributed by atoms with Gasteiger partial charge in [0.05, 0.1) is 11.4 Å². The lowest BCUT2D eigenvalue weighted by Crippen LogP contribution is -2.70. The number of carbonyl (C=O) groups is 1. The summed E-state index contributed by atoms with van der Waals surface area (Å²) in [6.45, 7) is 4.10. The molecule has 0 atom stereocenters. The summed E-state index contributed by atoms with van der Waals surface area (Å²) in [7, 11) is 0. The number of aliphatic imine (C=N–C) groups is 1. The van der Waals surface area contributed by atoms with Crippen LogP contribution in [0.4, 0.5) is 11.4 Å². The summed E-state index contributed by atoms with van der Waals surface area (Å²) in [4.78, 5) is 20.9. The number of aryl methyl sites for hydroxylation is 2. The fourth-order valence-corrected chi connectivity index (χ4v) is 4.33. The number of benzene rings is 4. The maximum atomic E-state index is 14.1. The lowest BCUT2D eigenvalue weighted by atomic mass is 9.66. The Morgan fingerprint density at radius 2 is 1.09 bits per heavy atom. The van der Waals surface area contributed by atoms with Crippen molar-refractivity contribution < 1.29 is 4.79 Å². The molecule has 1 fully saturated rings. The van der Waals surface area contributed by atoms with E-state index in [1.807, 2.05) is 116 Å². The highest BCUT2D eigenvalue weighted by molar-refractivity contribution is 6.43. The van der Waals surface area contributed by atoms with Crippen molar-refractivity contribution in [3.63, 3.8) is 0 Å². The van der Waals surface area contributed by atoms with Gasteiger partial charge in [0.2, 0.25) is 0 Å². The van der Waals surface area contributed by atoms with E-state index in [1.165, 1.54) is 5.56 Å². The van der Waals surface area contributed by atoms with Gasteiger partial charge in [-0.3, -0.25) is 9.69 Å². The van der Waals surface area contributed by atoms with Crippen molar-refractivity contribution in [1.82, 2.24) is 0 Å². The minimum absolute atomic E-state index is 0.00427. The number of amidine groups is 1. The summed E-state index contributed by atoms with van der Waals surface area (Å²) in [6.07, 6.45) is 0. The van der Waals surface area contributed by atoms with E-state index >= 15 is 0 Å². The van der Waals surface area contributed by atoms with Gasteiger partial charge in [0.1, 0.15) is 5.84 Å². The summed E-state index contributed by atoms with van der Waals surface area (Å²) in [5.74, 6) is 0.720. The summed E-state index contributed by atoms with van der Waals surface area (Å²) < 4.78 is 0. The third-order valence-corrected chi connectivity index (χ3v) is 6.05. The zero-order valence-electron chi connectivity index (χ0n) is 18.2. The van der Waals surface area contributed by atoms with E-state index in [4.69, 9.17) is 4.99 Å². The molecule has 4 aromatic rings.